The third kappa shape index (κ3) is 4.88. The van der Waals surface area contributed by atoms with Gasteiger partial charge in [0.2, 0.25) is 5.91 Å². The maximum Gasteiger partial charge on any atom is 0.217 e. The van der Waals surface area contributed by atoms with Gasteiger partial charge in [-0.3, -0.25) is 15.1 Å². The Kier molecular flexibility index (Phi) is 6.13. The Morgan fingerprint density at radius 3 is 2.67 bits per heavy atom. The monoisotopic (exact) mass is 407 g/mol. The fourth-order valence-corrected chi connectivity index (χ4v) is 4.09. The molecule has 0 spiro atoms. The van der Waals surface area contributed by atoms with Crippen LogP contribution >= 0.6 is 0 Å². The lowest BCUT2D eigenvalue weighted by Crippen LogP contribution is -2.49. The zero-order chi connectivity index (χ0) is 20.9. The topological polar surface area (TPSA) is 109 Å². The van der Waals surface area contributed by atoms with Gasteiger partial charge in [0.25, 0.3) is 0 Å². The maximum atomic E-state index is 11.2. The molecule has 8 heteroatoms. The van der Waals surface area contributed by atoms with Gasteiger partial charge in [0.1, 0.15) is 5.82 Å². The Hall–Kier alpha value is -3.13. The fraction of sp³-hybridized carbons (Fsp3) is 0.409. The molecule has 1 aliphatic heterocycles. The summed E-state index contributed by atoms with van der Waals surface area (Å²) >= 11 is 0. The molecule has 1 aromatic heterocycles. The van der Waals surface area contributed by atoms with Crippen LogP contribution in [-0.2, 0) is 11.3 Å². The number of aliphatic imine (C=N–C) groups is 1. The Balaban J connectivity index is 1.34. The molecule has 1 amide bonds. The molecule has 2 aliphatic rings. The molecule has 5 N–H and O–H groups in total. The number of benzene rings is 1. The molecule has 0 saturated heterocycles. The molecule has 4 rings (SSSR count). The summed E-state index contributed by atoms with van der Waals surface area (Å²) in [6, 6.07) is 10.8. The zero-order valence-electron chi connectivity index (χ0n) is 17.2. The van der Waals surface area contributed by atoms with Gasteiger partial charge in [-0.15, -0.1) is 0 Å². The summed E-state index contributed by atoms with van der Waals surface area (Å²) in [6.45, 7) is 2.21. The van der Waals surface area contributed by atoms with E-state index in [0.29, 0.717) is 18.4 Å². The van der Waals surface area contributed by atoms with Crippen molar-refractivity contribution in [2.75, 3.05) is 5.73 Å². The van der Waals surface area contributed by atoms with E-state index in [2.05, 4.69) is 38.2 Å². The summed E-state index contributed by atoms with van der Waals surface area (Å²) in [5.74, 6) is 0.674. The second-order valence-electron chi connectivity index (χ2n) is 7.93. The van der Waals surface area contributed by atoms with Crippen LogP contribution in [0.4, 0.5) is 5.82 Å². The van der Waals surface area contributed by atoms with E-state index in [4.69, 9.17) is 5.73 Å². The van der Waals surface area contributed by atoms with Crippen LogP contribution in [0, 0.1) is 0 Å². The fourth-order valence-electron chi connectivity index (χ4n) is 4.09. The molecule has 2 heterocycles. The van der Waals surface area contributed by atoms with Gasteiger partial charge in [0, 0.05) is 25.2 Å². The SMILES string of the molecule is CC(=O)NC1CCC(NC2N=CC=C(c3cnn(Cc4ccccc4)c3N)N2)CC1. The molecule has 1 fully saturated rings. The number of carbonyl (C=O) groups is 1. The maximum absolute atomic E-state index is 11.2. The van der Waals surface area contributed by atoms with E-state index in [9.17, 15) is 4.79 Å². The minimum Gasteiger partial charge on any atom is -0.383 e. The van der Waals surface area contributed by atoms with Crippen molar-refractivity contribution in [1.29, 1.82) is 0 Å². The van der Waals surface area contributed by atoms with Crippen molar-refractivity contribution in [3.63, 3.8) is 0 Å². The molecule has 30 heavy (non-hydrogen) atoms. The number of nitrogens with zero attached hydrogens (tertiary/aromatic N) is 3. The van der Waals surface area contributed by atoms with Crippen LogP contribution < -0.4 is 21.7 Å². The van der Waals surface area contributed by atoms with Crippen molar-refractivity contribution in [1.82, 2.24) is 25.7 Å². The molecule has 0 bridgehead atoms. The molecule has 8 nitrogen and oxygen atoms in total. The molecule has 1 aliphatic carbocycles. The third-order valence-electron chi connectivity index (χ3n) is 5.64. The molecule has 1 atom stereocenters. The number of amides is 1. The first-order valence-electron chi connectivity index (χ1n) is 10.5. The van der Waals surface area contributed by atoms with Gasteiger partial charge in [0.05, 0.1) is 24.0 Å². The average Bonchev–Trinajstić information content (AvgIpc) is 3.10. The van der Waals surface area contributed by atoms with Crippen LogP contribution in [0.3, 0.4) is 0 Å². The Bertz CT molecular complexity index is 926. The predicted octanol–water partition coefficient (Wildman–Crippen LogP) is 1.85. The van der Waals surface area contributed by atoms with Gasteiger partial charge < -0.3 is 16.4 Å². The molecule has 1 saturated carbocycles. The van der Waals surface area contributed by atoms with Gasteiger partial charge >= 0.3 is 0 Å². The lowest BCUT2D eigenvalue weighted by atomic mass is 9.91. The highest BCUT2D eigenvalue weighted by atomic mass is 16.1. The Morgan fingerprint density at radius 2 is 1.93 bits per heavy atom. The number of allylic oxidation sites excluding steroid dienone is 1. The number of hydrogen-bond donors (Lipinski definition) is 4. The first kappa shape index (κ1) is 20.2. The van der Waals surface area contributed by atoms with E-state index >= 15 is 0 Å². The summed E-state index contributed by atoms with van der Waals surface area (Å²) in [4.78, 5) is 15.7. The summed E-state index contributed by atoms with van der Waals surface area (Å²) < 4.78 is 1.81. The molecule has 1 aromatic carbocycles. The summed E-state index contributed by atoms with van der Waals surface area (Å²) in [6.07, 6.45) is 9.30. The largest absolute Gasteiger partial charge is 0.383 e. The van der Waals surface area contributed by atoms with Crippen molar-refractivity contribution in [3.05, 3.63) is 53.7 Å². The second-order valence-corrected chi connectivity index (χ2v) is 7.93. The van der Waals surface area contributed by atoms with Gasteiger partial charge in [-0.05, 0) is 37.3 Å². The minimum absolute atomic E-state index is 0.0464. The Morgan fingerprint density at radius 1 is 1.20 bits per heavy atom. The molecular weight excluding hydrogens is 378 g/mol. The molecule has 1 unspecified atom stereocenters. The van der Waals surface area contributed by atoms with Crippen molar-refractivity contribution in [3.8, 4) is 0 Å². The minimum atomic E-state index is -0.204. The highest BCUT2D eigenvalue weighted by Crippen LogP contribution is 2.23. The van der Waals surface area contributed by atoms with Crippen LogP contribution in [0.5, 0.6) is 0 Å². The van der Waals surface area contributed by atoms with E-state index in [1.165, 1.54) is 0 Å². The molecular formula is C22H29N7O. The highest BCUT2D eigenvalue weighted by molar-refractivity contribution is 5.87. The number of rotatable bonds is 6. The standard InChI is InChI=1S/C22H29N7O/c1-15(30)26-17-7-9-18(10-8-17)27-22-24-12-11-20(28-22)19-13-25-29(21(19)23)14-16-5-3-2-4-6-16/h2-6,11-13,17-18,22,27-28H,7-10,14,23H2,1H3,(H,26,30). The van der Waals surface area contributed by atoms with E-state index in [0.717, 1.165) is 42.5 Å². The normalized spacial score (nSPS) is 23.5. The number of nitrogens with one attached hydrogen (secondary N) is 3. The van der Waals surface area contributed by atoms with Crippen LogP contribution in [0.2, 0.25) is 0 Å². The van der Waals surface area contributed by atoms with Gasteiger partial charge in [0.15, 0.2) is 6.29 Å². The van der Waals surface area contributed by atoms with Crippen LogP contribution in [0.15, 0.2) is 47.6 Å². The summed E-state index contributed by atoms with van der Waals surface area (Å²) in [7, 11) is 0. The third-order valence-corrected chi connectivity index (χ3v) is 5.64. The predicted molar refractivity (Wildman–Crippen MR) is 119 cm³/mol. The highest BCUT2D eigenvalue weighted by Gasteiger charge is 2.25. The number of hydrogen-bond acceptors (Lipinski definition) is 6. The van der Waals surface area contributed by atoms with Crippen molar-refractivity contribution in [2.45, 2.75) is 57.5 Å². The van der Waals surface area contributed by atoms with Crippen molar-refractivity contribution in [2.24, 2.45) is 4.99 Å². The van der Waals surface area contributed by atoms with Crippen LogP contribution in [0.1, 0.15) is 43.7 Å². The first-order chi connectivity index (χ1) is 14.6. The number of nitrogen functional groups attached to an aromatic ring is 1. The smallest absolute Gasteiger partial charge is 0.217 e. The van der Waals surface area contributed by atoms with Gasteiger partial charge in [-0.25, -0.2) is 4.68 Å². The number of aromatic nitrogens is 2. The zero-order valence-corrected chi connectivity index (χ0v) is 17.2. The van der Waals surface area contributed by atoms with E-state index in [1.54, 1.807) is 19.3 Å². The summed E-state index contributed by atoms with van der Waals surface area (Å²) in [5.41, 5.74) is 9.32. The molecule has 158 valence electrons. The number of carbonyl (C=O) groups excluding carboxylic acids is 1. The Labute approximate surface area is 176 Å². The van der Waals surface area contributed by atoms with Crippen LogP contribution in [0.25, 0.3) is 5.70 Å². The van der Waals surface area contributed by atoms with Crippen LogP contribution in [-0.4, -0.2) is 40.3 Å². The van der Waals surface area contributed by atoms with Gasteiger partial charge in [-0.1, -0.05) is 30.3 Å². The molecule has 0 radical (unpaired) electrons. The number of nitrogens with two attached hydrogens (primary N) is 1. The quantitative estimate of drug-likeness (QED) is 0.584. The summed E-state index contributed by atoms with van der Waals surface area (Å²) in [5, 5.41) is 14.5. The lowest BCUT2D eigenvalue weighted by molar-refractivity contribution is -0.119. The second kappa shape index (κ2) is 9.13. The number of anilines is 1. The van der Waals surface area contributed by atoms with Crippen molar-refractivity contribution < 1.29 is 4.79 Å². The van der Waals surface area contributed by atoms with E-state index in [-0.39, 0.29) is 18.2 Å². The lowest BCUT2D eigenvalue weighted by Gasteiger charge is -2.32. The van der Waals surface area contributed by atoms with E-state index in [1.807, 2.05) is 29.0 Å². The van der Waals surface area contributed by atoms with Crippen molar-refractivity contribution >= 4 is 23.6 Å². The average molecular weight is 408 g/mol. The van der Waals surface area contributed by atoms with Gasteiger partial charge in [-0.2, -0.15) is 5.10 Å². The first-order valence-corrected chi connectivity index (χ1v) is 10.5. The van der Waals surface area contributed by atoms with E-state index < -0.39 is 0 Å². The molecule has 2 aromatic rings.